The lowest BCUT2D eigenvalue weighted by atomic mass is 10.0. The van der Waals surface area contributed by atoms with Gasteiger partial charge in [-0.2, -0.15) is 0 Å². The molecule has 0 rings (SSSR count). The molecule has 0 aliphatic heterocycles. The van der Waals surface area contributed by atoms with E-state index in [-0.39, 0.29) is 16.4 Å². The fourth-order valence-corrected chi connectivity index (χ4v) is 1.42. The molecule has 0 aromatic rings. The highest BCUT2D eigenvalue weighted by Gasteiger charge is 2.08. The number of halogens is 2. The monoisotopic (exact) mass is 238 g/mol. The number of hydrogen-bond donors (Lipinski definition) is 0. The second kappa shape index (κ2) is 8.25. The molecule has 1 unspecified atom stereocenters. The molecule has 1 atom stereocenters. The van der Waals surface area contributed by atoms with Crippen LogP contribution in [0.15, 0.2) is 0 Å². The first kappa shape index (κ1) is 13.9. The van der Waals surface area contributed by atoms with Gasteiger partial charge in [0.2, 0.25) is 10.5 Å². The minimum Gasteiger partial charge on any atom is -0.281 e. The van der Waals surface area contributed by atoms with Crippen molar-refractivity contribution < 1.29 is 9.59 Å². The second-order valence-electron chi connectivity index (χ2n) is 3.51. The van der Waals surface area contributed by atoms with Gasteiger partial charge in [0.1, 0.15) is 0 Å². The van der Waals surface area contributed by atoms with Gasteiger partial charge in [0.25, 0.3) is 0 Å². The van der Waals surface area contributed by atoms with Crippen LogP contribution in [0.25, 0.3) is 0 Å². The molecule has 2 nitrogen and oxygen atoms in total. The lowest BCUT2D eigenvalue weighted by Crippen LogP contribution is -2.02. The predicted octanol–water partition coefficient (Wildman–Crippen LogP) is 3.49. The first-order valence-corrected chi connectivity index (χ1v) is 5.67. The summed E-state index contributed by atoms with van der Waals surface area (Å²) >= 11 is 10.5. The van der Waals surface area contributed by atoms with Gasteiger partial charge in [0, 0.05) is 12.3 Å². The molecule has 0 saturated carbocycles. The van der Waals surface area contributed by atoms with E-state index in [4.69, 9.17) is 23.2 Å². The second-order valence-corrected chi connectivity index (χ2v) is 4.31. The maximum atomic E-state index is 10.7. The van der Waals surface area contributed by atoms with Gasteiger partial charge in [0.05, 0.1) is 0 Å². The number of hydrogen-bond acceptors (Lipinski definition) is 2. The van der Waals surface area contributed by atoms with E-state index in [0.29, 0.717) is 6.42 Å². The van der Waals surface area contributed by atoms with Crippen LogP contribution in [-0.4, -0.2) is 10.5 Å². The van der Waals surface area contributed by atoms with E-state index in [1.54, 1.807) is 0 Å². The Hall–Kier alpha value is -0.0800. The fraction of sp³-hybridized carbons (Fsp3) is 0.800. The molecular formula is C10H16Cl2O2. The van der Waals surface area contributed by atoms with Crippen molar-refractivity contribution >= 4 is 33.7 Å². The Bertz CT molecular complexity index is 193. The third-order valence-electron chi connectivity index (χ3n) is 2.15. The number of carbonyl (C=O) groups excluding carboxylic acids is 2. The summed E-state index contributed by atoms with van der Waals surface area (Å²) in [5.74, 6) is -0.0497. The molecule has 0 amide bonds. The van der Waals surface area contributed by atoms with Crippen LogP contribution in [0.5, 0.6) is 0 Å². The van der Waals surface area contributed by atoms with E-state index in [1.165, 1.54) is 0 Å². The van der Waals surface area contributed by atoms with Crippen molar-refractivity contribution in [1.29, 1.82) is 0 Å². The molecule has 0 bridgehead atoms. The summed E-state index contributed by atoms with van der Waals surface area (Å²) in [6.45, 7) is 1.83. The minimum atomic E-state index is -0.269. The van der Waals surface area contributed by atoms with Crippen molar-refractivity contribution in [1.82, 2.24) is 0 Å². The molecule has 4 heteroatoms. The molecule has 0 radical (unpaired) electrons. The molecule has 0 aliphatic rings. The third-order valence-corrected chi connectivity index (χ3v) is 2.71. The number of carbonyl (C=O) groups is 2. The summed E-state index contributed by atoms with van der Waals surface area (Å²) in [6.07, 6.45) is 5.12. The molecule has 82 valence electrons. The van der Waals surface area contributed by atoms with Crippen molar-refractivity contribution in [3.05, 3.63) is 0 Å². The average Bonchev–Trinajstić information content (AvgIpc) is 2.09. The van der Waals surface area contributed by atoms with Gasteiger partial charge in [-0.05, 0) is 36.0 Å². The summed E-state index contributed by atoms with van der Waals surface area (Å²) in [6, 6.07) is 0. The van der Waals surface area contributed by atoms with Crippen molar-refractivity contribution in [2.75, 3.05) is 0 Å². The molecular weight excluding hydrogens is 223 g/mol. The van der Waals surface area contributed by atoms with Crippen molar-refractivity contribution in [2.45, 2.75) is 45.4 Å². The quantitative estimate of drug-likeness (QED) is 0.480. The Morgan fingerprint density at radius 3 is 2.14 bits per heavy atom. The summed E-state index contributed by atoms with van der Waals surface area (Å²) in [5, 5.41) is -0.532. The smallest absolute Gasteiger partial charge is 0.224 e. The van der Waals surface area contributed by atoms with Crippen molar-refractivity contribution in [2.24, 2.45) is 5.92 Å². The summed E-state index contributed by atoms with van der Waals surface area (Å²) in [7, 11) is 0. The highest BCUT2D eigenvalue weighted by molar-refractivity contribution is 6.64. The van der Waals surface area contributed by atoms with Crippen LogP contribution in [0, 0.1) is 5.92 Å². The maximum Gasteiger partial charge on any atom is 0.224 e. The summed E-state index contributed by atoms with van der Waals surface area (Å²) < 4.78 is 0. The Morgan fingerprint density at radius 1 is 1.07 bits per heavy atom. The van der Waals surface area contributed by atoms with E-state index >= 15 is 0 Å². The van der Waals surface area contributed by atoms with Gasteiger partial charge < -0.3 is 0 Å². The first-order chi connectivity index (χ1) is 6.54. The molecule has 0 aliphatic carbocycles. The molecule has 0 aromatic carbocycles. The topological polar surface area (TPSA) is 34.1 Å². The normalized spacial score (nSPS) is 12.5. The molecule has 0 fully saturated rings. The highest BCUT2D eigenvalue weighted by atomic mass is 35.5. The Morgan fingerprint density at radius 2 is 1.64 bits per heavy atom. The average molecular weight is 239 g/mol. The maximum absolute atomic E-state index is 10.7. The van der Waals surface area contributed by atoms with Crippen LogP contribution in [0.1, 0.15) is 45.4 Å². The Kier molecular flexibility index (Phi) is 8.20. The van der Waals surface area contributed by atoms with E-state index in [9.17, 15) is 9.59 Å². The first-order valence-electron chi connectivity index (χ1n) is 4.91. The van der Waals surface area contributed by atoms with Crippen LogP contribution in [-0.2, 0) is 9.59 Å². The number of rotatable bonds is 8. The Labute approximate surface area is 95.0 Å². The number of unbranched alkanes of at least 4 members (excludes halogenated alkanes) is 3. The van der Waals surface area contributed by atoms with Gasteiger partial charge in [0.15, 0.2) is 0 Å². The zero-order valence-electron chi connectivity index (χ0n) is 8.39. The molecule has 0 spiro atoms. The predicted molar refractivity (Wildman–Crippen MR) is 58.6 cm³/mol. The van der Waals surface area contributed by atoms with Crippen LogP contribution < -0.4 is 0 Å². The summed E-state index contributed by atoms with van der Waals surface area (Å²) in [5.41, 5.74) is 0. The zero-order chi connectivity index (χ0) is 11.0. The molecule has 14 heavy (non-hydrogen) atoms. The molecule has 0 saturated heterocycles. The van der Waals surface area contributed by atoms with Crippen LogP contribution in [0.2, 0.25) is 0 Å². The third kappa shape index (κ3) is 8.52. The van der Waals surface area contributed by atoms with Crippen molar-refractivity contribution in [3.63, 3.8) is 0 Å². The van der Waals surface area contributed by atoms with Gasteiger partial charge in [-0.1, -0.05) is 26.2 Å². The minimum absolute atomic E-state index is 0.0497. The van der Waals surface area contributed by atoms with E-state index in [0.717, 1.165) is 32.1 Å². The standard InChI is InChI=1S/C10H16Cl2O2/c1-8(10(12)14)6-4-2-3-5-7-9(11)13/h8H,2-7H2,1H3. The van der Waals surface area contributed by atoms with E-state index in [1.807, 2.05) is 6.92 Å². The van der Waals surface area contributed by atoms with E-state index < -0.39 is 0 Å². The molecule has 0 aromatic heterocycles. The molecule has 0 heterocycles. The summed E-state index contributed by atoms with van der Waals surface area (Å²) in [4.78, 5) is 21.0. The largest absolute Gasteiger partial charge is 0.281 e. The van der Waals surface area contributed by atoms with Gasteiger partial charge in [-0.15, -0.1) is 0 Å². The van der Waals surface area contributed by atoms with Gasteiger partial charge >= 0.3 is 0 Å². The lowest BCUT2D eigenvalue weighted by molar-refractivity contribution is -0.115. The zero-order valence-corrected chi connectivity index (χ0v) is 9.90. The van der Waals surface area contributed by atoms with Crippen LogP contribution in [0.3, 0.4) is 0 Å². The fourth-order valence-electron chi connectivity index (χ4n) is 1.18. The van der Waals surface area contributed by atoms with Gasteiger partial charge in [-0.25, -0.2) is 0 Å². The Balaban J connectivity index is 3.21. The van der Waals surface area contributed by atoms with Gasteiger partial charge in [-0.3, -0.25) is 9.59 Å². The van der Waals surface area contributed by atoms with Crippen LogP contribution >= 0.6 is 23.2 Å². The van der Waals surface area contributed by atoms with E-state index in [2.05, 4.69) is 0 Å². The SMILES string of the molecule is CC(CCCCCCC(=O)Cl)C(=O)Cl. The molecule has 0 N–H and O–H groups in total. The highest BCUT2D eigenvalue weighted by Crippen LogP contribution is 2.13. The van der Waals surface area contributed by atoms with Crippen molar-refractivity contribution in [3.8, 4) is 0 Å². The lowest BCUT2D eigenvalue weighted by Gasteiger charge is -2.04. The van der Waals surface area contributed by atoms with Crippen LogP contribution in [0.4, 0.5) is 0 Å².